The summed E-state index contributed by atoms with van der Waals surface area (Å²) < 4.78 is 0. The van der Waals surface area contributed by atoms with Crippen LogP contribution in [-0.4, -0.2) is 24.8 Å². The van der Waals surface area contributed by atoms with E-state index in [9.17, 15) is 0 Å². The SMILES string of the molecule is CCC(CCO)C1CNC1. The van der Waals surface area contributed by atoms with Crippen LogP contribution >= 0.6 is 0 Å². The monoisotopic (exact) mass is 143 g/mol. The first-order chi connectivity index (χ1) is 4.88. The van der Waals surface area contributed by atoms with Crippen molar-refractivity contribution in [2.75, 3.05) is 19.7 Å². The zero-order valence-electron chi connectivity index (χ0n) is 6.64. The van der Waals surface area contributed by atoms with E-state index < -0.39 is 0 Å². The van der Waals surface area contributed by atoms with Crippen molar-refractivity contribution in [1.82, 2.24) is 5.32 Å². The molecular formula is C8H17NO. The second-order valence-electron chi connectivity index (χ2n) is 3.10. The molecule has 0 aromatic rings. The molecule has 0 bridgehead atoms. The van der Waals surface area contributed by atoms with Gasteiger partial charge in [-0.15, -0.1) is 0 Å². The zero-order chi connectivity index (χ0) is 7.40. The topological polar surface area (TPSA) is 32.3 Å². The van der Waals surface area contributed by atoms with Crippen molar-refractivity contribution in [2.45, 2.75) is 19.8 Å². The Hall–Kier alpha value is -0.0800. The first kappa shape index (κ1) is 8.02. The van der Waals surface area contributed by atoms with E-state index in [2.05, 4.69) is 12.2 Å². The Kier molecular flexibility index (Phi) is 3.16. The Morgan fingerprint density at radius 3 is 2.60 bits per heavy atom. The van der Waals surface area contributed by atoms with Gasteiger partial charge in [0.05, 0.1) is 0 Å². The number of nitrogens with one attached hydrogen (secondary N) is 1. The van der Waals surface area contributed by atoms with Gasteiger partial charge in [0.1, 0.15) is 0 Å². The molecule has 60 valence electrons. The predicted octanol–water partition coefficient (Wildman–Crippen LogP) is 0.614. The van der Waals surface area contributed by atoms with Gasteiger partial charge in [0.25, 0.3) is 0 Å². The molecule has 1 aliphatic rings. The smallest absolute Gasteiger partial charge is 0.0433 e. The molecule has 0 aromatic carbocycles. The summed E-state index contributed by atoms with van der Waals surface area (Å²) in [5.41, 5.74) is 0. The van der Waals surface area contributed by atoms with Crippen molar-refractivity contribution in [2.24, 2.45) is 11.8 Å². The maximum Gasteiger partial charge on any atom is 0.0433 e. The minimum atomic E-state index is 0.356. The average molecular weight is 143 g/mol. The largest absolute Gasteiger partial charge is 0.396 e. The van der Waals surface area contributed by atoms with E-state index in [1.807, 2.05) is 0 Å². The van der Waals surface area contributed by atoms with Gasteiger partial charge in [0.2, 0.25) is 0 Å². The summed E-state index contributed by atoms with van der Waals surface area (Å²) in [5, 5.41) is 12.0. The molecule has 1 atom stereocenters. The summed E-state index contributed by atoms with van der Waals surface area (Å²) >= 11 is 0. The second-order valence-corrected chi connectivity index (χ2v) is 3.10. The number of hydrogen-bond donors (Lipinski definition) is 2. The molecule has 0 aromatic heterocycles. The van der Waals surface area contributed by atoms with E-state index >= 15 is 0 Å². The summed E-state index contributed by atoms with van der Waals surface area (Å²) in [6, 6.07) is 0. The van der Waals surface area contributed by atoms with E-state index in [0.717, 1.165) is 18.3 Å². The van der Waals surface area contributed by atoms with Gasteiger partial charge in [-0.3, -0.25) is 0 Å². The van der Waals surface area contributed by atoms with Gasteiger partial charge in [-0.05, 0) is 31.3 Å². The van der Waals surface area contributed by atoms with E-state index in [1.54, 1.807) is 0 Å². The Morgan fingerprint density at radius 2 is 2.30 bits per heavy atom. The third-order valence-electron chi connectivity index (χ3n) is 2.50. The van der Waals surface area contributed by atoms with Crippen LogP contribution in [0.4, 0.5) is 0 Å². The van der Waals surface area contributed by atoms with Crippen LogP contribution in [-0.2, 0) is 0 Å². The lowest BCUT2D eigenvalue weighted by molar-refractivity contribution is 0.174. The van der Waals surface area contributed by atoms with Crippen LogP contribution in [0.2, 0.25) is 0 Å². The fourth-order valence-corrected chi connectivity index (χ4v) is 1.58. The van der Waals surface area contributed by atoms with Crippen LogP contribution < -0.4 is 5.32 Å². The molecule has 1 heterocycles. The molecule has 1 rings (SSSR count). The summed E-state index contributed by atoms with van der Waals surface area (Å²) in [5.74, 6) is 1.60. The maximum atomic E-state index is 8.72. The predicted molar refractivity (Wildman–Crippen MR) is 41.8 cm³/mol. The third-order valence-corrected chi connectivity index (χ3v) is 2.50. The Labute approximate surface area is 62.6 Å². The Bertz CT molecular complexity index is 91.3. The molecule has 0 aliphatic carbocycles. The van der Waals surface area contributed by atoms with Crippen LogP contribution in [0.15, 0.2) is 0 Å². The van der Waals surface area contributed by atoms with Crippen molar-refractivity contribution in [3.05, 3.63) is 0 Å². The lowest BCUT2D eigenvalue weighted by Gasteiger charge is -2.33. The summed E-state index contributed by atoms with van der Waals surface area (Å²) in [7, 11) is 0. The third kappa shape index (κ3) is 1.70. The van der Waals surface area contributed by atoms with Crippen molar-refractivity contribution < 1.29 is 5.11 Å². The van der Waals surface area contributed by atoms with Crippen LogP contribution in [0.5, 0.6) is 0 Å². The molecule has 0 saturated carbocycles. The highest BCUT2D eigenvalue weighted by molar-refractivity contribution is 4.80. The molecule has 2 N–H and O–H groups in total. The molecule has 0 spiro atoms. The molecule has 1 saturated heterocycles. The van der Waals surface area contributed by atoms with Crippen molar-refractivity contribution in [3.63, 3.8) is 0 Å². The molecule has 10 heavy (non-hydrogen) atoms. The Morgan fingerprint density at radius 1 is 1.60 bits per heavy atom. The van der Waals surface area contributed by atoms with Gasteiger partial charge in [-0.1, -0.05) is 13.3 Å². The minimum Gasteiger partial charge on any atom is -0.396 e. The number of aliphatic hydroxyl groups excluding tert-OH is 1. The van der Waals surface area contributed by atoms with Crippen molar-refractivity contribution in [3.8, 4) is 0 Å². The van der Waals surface area contributed by atoms with E-state index in [0.29, 0.717) is 6.61 Å². The van der Waals surface area contributed by atoms with Gasteiger partial charge in [-0.25, -0.2) is 0 Å². The van der Waals surface area contributed by atoms with Crippen LogP contribution in [0.3, 0.4) is 0 Å². The highest BCUT2D eigenvalue weighted by Crippen LogP contribution is 2.22. The first-order valence-corrected chi connectivity index (χ1v) is 4.20. The molecule has 2 nitrogen and oxygen atoms in total. The standard InChI is InChI=1S/C8H17NO/c1-2-7(3-4-10)8-5-9-6-8/h7-10H,2-6H2,1H3. The highest BCUT2D eigenvalue weighted by atomic mass is 16.3. The minimum absolute atomic E-state index is 0.356. The van der Waals surface area contributed by atoms with E-state index in [-0.39, 0.29) is 0 Å². The number of rotatable bonds is 4. The highest BCUT2D eigenvalue weighted by Gasteiger charge is 2.24. The lowest BCUT2D eigenvalue weighted by Crippen LogP contribution is -2.46. The quantitative estimate of drug-likeness (QED) is 0.604. The van der Waals surface area contributed by atoms with Crippen LogP contribution in [0.1, 0.15) is 19.8 Å². The van der Waals surface area contributed by atoms with Gasteiger partial charge < -0.3 is 10.4 Å². The molecule has 2 heteroatoms. The molecule has 1 unspecified atom stereocenters. The molecule has 1 fully saturated rings. The molecule has 1 aliphatic heterocycles. The van der Waals surface area contributed by atoms with E-state index in [1.165, 1.54) is 19.5 Å². The first-order valence-electron chi connectivity index (χ1n) is 4.20. The van der Waals surface area contributed by atoms with Gasteiger partial charge in [0.15, 0.2) is 0 Å². The maximum absolute atomic E-state index is 8.72. The normalized spacial score (nSPS) is 22.2. The summed E-state index contributed by atoms with van der Waals surface area (Å²) in [4.78, 5) is 0. The molecular weight excluding hydrogens is 126 g/mol. The van der Waals surface area contributed by atoms with Crippen molar-refractivity contribution >= 4 is 0 Å². The fraction of sp³-hybridized carbons (Fsp3) is 1.00. The zero-order valence-corrected chi connectivity index (χ0v) is 6.64. The molecule has 0 radical (unpaired) electrons. The van der Waals surface area contributed by atoms with Crippen LogP contribution in [0, 0.1) is 11.8 Å². The van der Waals surface area contributed by atoms with Gasteiger partial charge >= 0.3 is 0 Å². The number of aliphatic hydroxyl groups is 1. The average Bonchev–Trinajstić information content (AvgIpc) is 1.83. The van der Waals surface area contributed by atoms with Crippen molar-refractivity contribution in [1.29, 1.82) is 0 Å². The lowest BCUT2D eigenvalue weighted by atomic mass is 9.83. The second kappa shape index (κ2) is 3.94. The molecule has 0 amide bonds. The van der Waals surface area contributed by atoms with Gasteiger partial charge in [0, 0.05) is 6.61 Å². The fourth-order valence-electron chi connectivity index (χ4n) is 1.58. The summed E-state index contributed by atoms with van der Waals surface area (Å²) in [6.07, 6.45) is 2.20. The van der Waals surface area contributed by atoms with E-state index in [4.69, 9.17) is 5.11 Å². The Balaban J connectivity index is 2.17. The summed E-state index contributed by atoms with van der Waals surface area (Å²) in [6.45, 7) is 4.89. The van der Waals surface area contributed by atoms with Gasteiger partial charge in [-0.2, -0.15) is 0 Å². The van der Waals surface area contributed by atoms with Crippen LogP contribution in [0.25, 0.3) is 0 Å². The number of hydrogen-bond acceptors (Lipinski definition) is 2.